The fourth-order valence-electron chi connectivity index (χ4n) is 2.62. The van der Waals surface area contributed by atoms with Crippen LogP contribution in [0.4, 0.5) is 19.0 Å². The molecule has 1 aliphatic rings. The van der Waals surface area contributed by atoms with Gasteiger partial charge in [0.25, 0.3) is 0 Å². The Kier molecular flexibility index (Phi) is 15.6. The molecule has 0 radical (unpaired) electrons. The predicted octanol–water partition coefficient (Wildman–Crippen LogP) is 3.49. The van der Waals surface area contributed by atoms with Gasteiger partial charge in [-0.25, -0.2) is 23.1 Å². The zero-order valence-electron chi connectivity index (χ0n) is 20.3. The van der Waals surface area contributed by atoms with Gasteiger partial charge < -0.3 is 29.0 Å². The average molecular weight is 536 g/mol. The number of nitrogen functional groups attached to an aromatic ring is 1. The molecule has 1 aromatic carbocycles. The number of aromatic nitrogens is 2. The van der Waals surface area contributed by atoms with Crippen LogP contribution in [0.15, 0.2) is 47.4 Å². The summed E-state index contributed by atoms with van der Waals surface area (Å²) in [6.07, 6.45) is -0.625. The first-order valence-corrected chi connectivity index (χ1v) is 12.1. The van der Waals surface area contributed by atoms with E-state index in [1.54, 1.807) is 31.4 Å². The molecule has 3 rings (SSSR count). The van der Waals surface area contributed by atoms with Gasteiger partial charge in [0.15, 0.2) is 6.23 Å². The molecule has 0 saturated carbocycles. The first-order chi connectivity index (χ1) is 17.2. The van der Waals surface area contributed by atoms with Crippen molar-refractivity contribution in [2.75, 3.05) is 32.9 Å². The molecule has 10 nitrogen and oxygen atoms in total. The topological polar surface area (TPSA) is 127 Å². The number of nitrogens with one attached hydrogen (secondary N) is 1. The minimum absolute atomic E-state index is 0.0263. The molecule has 1 aliphatic heterocycles. The molecule has 1 saturated heterocycles. The number of carbonyl (C=O) groups is 1. The van der Waals surface area contributed by atoms with Gasteiger partial charge in [-0.15, -0.1) is 0 Å². The number of alkyl halides is 3. The number of rotatable bonds is 10. The minimum Gasteiger partial charge on any atom is -0.436 e. The lowest BCUT2D eigenvalue weighted by atomic mass is 10.2. The van der Waals surface area contributed by atoms with Crippen LogP contribution >= 0.6 is 8.53 Å². The number of nitrogens with two attached hydrogens (primary N) is 1. The number of nitrogens with zero attached hydrogens (tertiary/aromatic N) is 2. The van der Waals surface area contributed by atoms with E-state index in [-0.39, 0.29) is 25.4 Å². The molecule has 0 aliphatic carbocycles. The molecule has 4 unspecified atom stereocenters. The number of halogens is 3. The second-order valence-electron chi connectivity index (χ2n) is 7.31. The third-order valence-corrected chi connectivity index (χ3v) is 5.54. The summed E-state index contributed by atoms with van der Waals surface area (Å²) in [5.74, 6) is 0.625. The van der Waals surface area contributed by atoms with E-state index in [9.17, 15) is 22.8 Å². The Balaban J connectivity index is 0.000000709. The SMILES string of the molecule is COC(C)C.FCF.Nc1ccn(C2OC(COP(NCC=O)Oc3ccccc3)CC2F)c(=O)n1. The highest BCUT2D eigenvalue weighted by atomic mass is 31.2. The third-order valence-electron chi connectivity index (χ3n) is 4.34. The molecule has 202 valence electrons. The second kappa shape index (κ2) is 17.8. The first kappa shape index (κ1) is 31.5. The van der Waals surface area contributed by atoms with Crippen LogP contribution in [0.25, 0.3) is 0 Å². The van der Waals surface area contributed by atoms with Gasteiger partial charge in [-0.2, -0.15) is 4.98 Å². The monoisotopic (exact) mass is 536 g/mol. The second-order valence-corrected chi connectivity index (χ2v) is 8.59. The van der Waals surface area contributed by atoms with Gasteiger partial charge >= 0.3 is 14.2 Å². The number of carbonyl (C=O) groups excluding carboxylic acids is 1. The number of aldehydes is 1. The lowest BCUT2D eigenvalue weighted by molar-refractivity contribution is -0.106. The molecule has 36 heavy (non-hydrogen) atoms. The number of benzene rings is 1. The highest BCUT2D eigenvalue weighted by molar-refractivity contribution is 7.45. The largest absolute Gasteiger partial charge is 0.436 e. The van der Waals surface area contributed by atoms with Crippen molar-refractivity contribution in [3.63, 3.8) is 0 Å². The summed E-state index contributed by atoms with van der Waals surface area (Å²) >= 11 is 0. The van der Waals surface area contributed by atoms with Gasteiger partial charge in [-0.1, -0.05) is 18.2 Å². The molecule has 1 aromatic heterocycles. The molecular weight excluding hydrogens is 504 g/mol. The maximum Gasteiger partial charge on any atom is 0.351 e. The quantitative estimate of drug-likeness (QED) is 0.347. The van der Waals surface area contributed by atoms with Gasteiger partial charge in [0.1, 0.15) is 24.0 Å². The Labute approximate surface area is 208 Å². The van der Waals surface area contributed by atoms with Crippen molar-refractivity contribution >= 4 is 20.6 Å². The average Bonchev–Trinajstić information content (AvgIpc) is 3.22. The molecule has 1 fully saturated rings. The number of anilines is 1. The number of methoxy groups -OCH3 is 1. The fraction of sp³-hybridized carbons (Fsp3) is 0.500. The number of hydrogen-bond donors (Lipinski definition) is 2. The molecule has 2 heterocycles. The summed E-state index contributed by atoms with van der Waals surface area (Å²) in [6, 6.07) is 10.4. The standard InChI is InChI=1S/C17H20FN4O5P.C4H10O.CH2F2/c18-14-10-13(26-16(14)22-8-6-15(19)21-17(22)24)11-25-28(20-7-9-23)27-12-4-2-1-3-5-12;1-4(2)5-3;2-1-3/h1-6,8-9,13-14,16,20H,7,10-11H2,(H2,19,21,24);4H,1-3H3;1H2. The summed E-state index contributed by atoms with van der Waals surface area (Å²) < 4.78 is 56.4. The zero-order valence-corrected chi connectivity index (χ0v) is 21.2. The molecule has 0 bridgehead atoms. The van der Waals surface area contributed by atoms with Crippen molar-refractivity contribution in [2.45, 2.75) is 44.9 Å². The lowest BCUT2D eigenvalue weighted by Crippen LogP contribution is -2.30. The lowest BCUT2D eigenvalue weighted by Gasteiger charge is -2.20. The fourth-order valence-corrected chi connectivity index (χ4v) is 3.66. The van der Waals surface area contributed by atoms with E-state index in [0.29, 0.717) is 18.1 Å². The Morgan fingerprint density at radius 3 is 2.50 bits per heavy atom. The van der Waals surface area contributed by atoms with Gasteiger partial charge in [0.2, 0.25) is 6.93 Å². The molecule has 2 aromatic rings. The summed E-state index contributed by atoms with van der Waals surface area (Å²) in [5.41, 5.74) is 4.77. The van der Waals surface area contributed by atoms with Gasteiger partial charge in [-0.3, -0.25) is 4.57 Å². The predicted molar refractivity (Wildman–Crippen MR) is 130 cm³/mol. The van der Waals surface area contributed by atoms with E-state index in [2.05, 4.69) is 10.1 Å². The molecule has 14 heteroatoms. The Bertz CT molecular complexity index is 928. The van der Waals surface area contributed by atoms with E-state index in [0.717, 1.165) is 4.57 Å². The van der Waals surface area contributed by atoms with Crippen LogP contribution in [0.5, 0.6) is 5.75 Å². The van der Waals surface area contributed by atoms with E-state index < -0.39 is 39.6 Å². The zero-order chi connectivity index (χ0) is 26.9. The first-order valence-electron chi connectivity index (χ1n) is 10.9. The van der Waals surface area contributed by atoms with Crippen LogP contribution in [-0.4, -0.2) is 61.4 Å². The molecule has 3 N–H and O–H groups in total. The van der Waals surface area contributed by atoms with Gasteiger partial charge in [0.05, 0.1) is 25.4 Å². The van der Waals surface area contributed by atoms with E-state index >= 15 is 0 Å². The molecule has 4 atom stereocenters. The summed E-state index contributed by atoms with van der Waals surface area (Å²) in [4.78, 5) is 26.1. The van der Waals surface area contributed by atoms with Crippen molar-refractivity contribution in [1.82, 2.24) is 14.6 Å². The van der Waals surface area contributed by atoms with Crippen molar-refractivity contribution in [1.29, 1.82) is 0 Å². The van der Waals surface area contributed by atoms with Crippen molar-refractivity contribution in [3.05, 3.63) is 53.1 Å². The summed E-state index contributed by atoms with van der Waals surface area (Å²) in [5, 5.41) is 2.84. The number of hydrogen-bond acceptors (Lipinski definition) is 9. The summed E-state index contributed by atoms with van der Waals surface area (Å²) in [7, 11) is 0.0656. The number of para-hydroxylation sites is 1. The van der Waals surface area contributed by atoms with Crippen molar-refractivity contribution in [2.24, 2.45) is 0 Å². The molecule has 0 amide bonds. The van der Waals surface area contributed by atoms with Crippen LogP contribution in [0.2, 0.25) is 0 Å². The van der Waals surface area contributed by atoms with E-state index in [4.69, 9.17) is 24.3 Å². The van der Waals surface area contributed by atoms with Crippen LogP contribution < -0.4 is 21.0 Å². The van der Waals surface area contributed by atoms with E-state index in [1.165, 1.54) is 12.3 Å². The highest BCUT2D eigenvalue weighted by Crippen LogP contribution is 2.37. The van der Waals surface area contributed by atoms with Gasteiger partial charge in [-0.05, 0) is 32.0 Å². The smallest absolute Gasteiger partial charge is 0.351 e. The molecule has 0 spiro atoms. The Hall–Kier alpha value is -2.57. The molecular formula is C22H32F3N4O6P. The van der Waals surface area contributed by atoms with Crippen LogP contribution in [-0.2, 0) is 18.8 Å². The van der Waals surface area contributed by atoms with Crippen LogP contribution in [0.3, 0.4) is 0 Å². The van der Waals surface area contributed by atoms with E-state index in [1.807, 2.05) is 19.9 Å². The Morgan fingerprint density at radius 2 is 1.94 bits per heavy atom. The summed E-state index contributed by atoms with van der Waals surface area (Å²) in [6.45, 7) is 2.32. The maximum atomic E-state index is 14.4. The Morgan fingerprint density at radius 1 is 1.31 bits per heavy atom. The van der Waals surface area contributed by atoms with Crippen molar-refractivity contribution in [3.8, 4) is 5.75 Å². The number of ether oxygens (including phenoxy) is 2. The van der Waals surface area contributed by atoms with Crippen LogP contribution in [0, 0.1) is 0 Å². The third kappa shape index (κ3) is 11.9. The van der Waals surface area contributed by atoms with Crippen molar-refractivity contribution < 1.29 is 36.5 Å². The normalized spacial score (nSPS) is 19.5. The van der Waals surface area contributed by atoms with Gasteiger partial charge in [0, 0.05) is 19.7 Å². The van der Waals surface area contributed by atoms with Crippen LogP contribution in [0.1, 0.15) is 26.5 Å². The maximum absolute atomic E-state index is 14.4. The highest BCUT2D eigenvalue weighted by Gasteiger charge is 2.38. The minimum atomic E-state index is -1.75.